The van der Waals surface area contributed by atoms with E-state index in [9.17, 15) is 4.79 Å². The van der Waals surface area contributed by atoms with Gasteiger partial charge in [-0.2, -0.15) is 0 Å². The quantitative estimate of drug-likeness (QED) is 0.773. The molecule has 0 atom stereocenters. The van der Waals surface area contributed by atoms with Gasteiger partial charge in [-0.15, -0.1) is 0 Å². The molecule has 2 rings (SSSR count). The summed E-state index contributed by atoms with van der Waals surface area (Å²) in [5, 5.41) is 0. The summed E-state index contributed by atoms with van der Waals surface area (Å²) in [6.45, 7) is 6.87. The average Bonchev–Trinajstić information content (AvgIpc) is 2.79. The molecule has 0 amide bonds. The van der Waals surface area contributed by atoms with Crippen LogP contribution in [0.25, 0.3) is 0 Å². The minimum Gasteiger partial charge on any atom is -0.335 e. The van der Waals surface area contributed by atoms with Crippen LogP contribution in [0.5, 0.6) is 0 Å². The summed E-state index contributed by atoms with van der Waals surface area (Å²) >= 11 is 0. The van der Waals surface area contributed by atoms with E-state index in [1.54, 1.807) is 6.20 Å². The van der Waals surface area contributed by atoms with E-state index in [-0.39, 0.29) is 5.78 Å². The zero-order valence-electron chi connectivity index (χ0n) is 11.1. The van der Waals surface area contributed by atoms with E-state index >= 15 is 0 Å². The van der Waals surface area contributed by atoms with Gasteiger partial charge in [0.05, 0.1) is 6.42 Å². The number of carbonyl (C=O) groups is 1. The zero-order chi connectivity index (χ0) is 13.1. The lowest BCUT2D eigenvalue weighted by molar-refractivity contribution is 0.0989. The molecule has 0 saturated heterocycles. The monoisotopic (exact) mass is 242 g/mol. The van der Waals surface area contributed by atoms with Gasteiger partial charge in [0.1, 0.15) is 5.82 Å². The Morgan fingerprint density at radius 2 is 2.11 bits per heavy atom. The van der Waals surface area contributed by atoms with Crippen LogP contribution in [0.2, 0.25) is 0 Å². The third-order valence-corrected chi connectivity index (χ3v) is 3.15. The van der Waals surface area contributed by atoms with Crippen LogP contribution in [0.3, 0.4) is 0 Å². The summed E-state index contributed by atoms with van der Waals surface area (Å²) in [7, 11) is 0. The average molecular weight is 242 g/mol. The topological polar surface area (TPSA) is 34.9 Å². The van der Waals surface area contributed by atoms with Gasteiger partial charge < -0.3 is 4.57 Å². The number of ketones is 1. The molecule has 2 aromatic rings. The zero-order valence-corrected chi connectivity index (χ0v) is 11.1. The minimum atomic E-state index is 0.136. The fraction of sp³-hybridized carbons (Fsp3) is 0.333. The minimum absolute atomic E-state index is 0.136. The Balaban J connectivity index is 2.25. The number of nitrogens with zero attached hydrogens (tertiary/aromatic N) is 2. The Kier molecular flexibility index (Phi) is 3.60. The fourth-order valence-electron chi connectivity index (χ4n) is 2.07. The van der Waals surface area contributed by atoms with Gasteiger partial charge in [-0.1, -0.05) is 17.7 Å². The van der Waals surface area contributed by atoms with Crippen molar-refractivity contribution in [2.24, 2.45) is 0 Å². The van der Waals surface area contributed by atoms with Crippen LogP contribution >= 0.6 is 0 Å². The Bertz CT molecular complexity index is 570. The van der Waals surface area contributed by atoms with Crippen molar-refractivity contribution in [1.29, 1.82) is 0 Å². The lowest BCUT2D eigenvalue weighted by atomic mass is 10.00. The summed E-state index contributed by atoms with van der Waals surface area (Å²) in [5.41, 5.74) is 2.95. The molecule has 1 aromatic heterocycles. The highest BCUT2D eigenvalue weighted by atomic mass is 16.1. The van der Waals surface area contributed by atoms with Gasteiger partial charge in [0, 0.05) is 24.5 Å². The summed E-state index contributed by atoms with van der Waals surface area (Å²) < 4.78 is 2.00. The number of Topliss-reactive ketones (excluding diaryl/α,β-unsaturated/α-hetero) is 1. The molecule has 0 aliphatic carbocycles. The smallest absolute Gasteiger partial charge is 0.170 e. The van der Waals surface area contributed by atoms with Crippen molar-refractivity contribution in [3.63, 3.8) is 0 Å². The molecule has 0 unspecified atom stereocenters. The van der Waals surface area contributed by atoms with Crippen LogP contribution in [-0.2, 0) is 13.0 Å². The van der Waals surface area contributed by atoms with Crippen LogP contribution in [0.1, 0.15) is 34.2 Å². The molecule has 94 valence electrons. The molecule has 0 saturated carbocycles. The van der Waals surface area contributed by atoms with Gasteiger partial charge in [0.2, 0.25) is 0 Å². The molecule has 0 N–H and O–H groups in total. The summed E-state index contributed by atoms with van der Waals surface area (Å²) in [6.07, 6.45) is 4.02. The molecule has 0 aliphatic rings. The Morgan fingerprint density at radius 1 is 1.33 bits per heavy atom. The molecule has 0 bridgehead atoms. The van der Waals surface area contributed by atoms with Gasteiger partial charge >= 0.3 is 0 Å². The molecule has 18 heavy (non-hydrogen) atoms. The van der Waals surface area contributed by atoms with Crippen LogP contribution in [0, 0.1) is 13.8 Å². The van der Waals surface area contributed by atoms with Crippen LogP contribution in [0.15, 0.2) is 30.6 Å². The number of imidazole rings is 1. The molecule has 0 radical (unpaired) electrons. The number of hydrogen-bond acceptors (Lipinski definition) is 2. The Hall–Kier alpha value is -1.90. The first kappa shape index (κ1) is 12.6. The maximum absolute atomic E-state index is 12.3. The van der Waals surface area contributed by atoms with Gasteiger partial charge in [-0.05, 0) is 32.4 Å². The Morgan fingerprint density at radius 3 is 2.83 bits per heavy atom. The number of aromatic nitrogens is 2. The van der Waals surface area contributed by atoms with Gasteiger partial charge in [0.15, 0.2) is 5.78 Å². The number of aryl methyl sites for hydroxylation is 3. The van der Waals surface area contributed by atoms with Gasteiger partial charge in [-0.25, -0.2) is 4.98 Å². The molecular weight excluding hydrogens is 224 g/mol. The first-order chi connectivity index (χ1) is 8.61. The first-order valence-electron chi connectivity index (χ1n) is 6.22. The van der Waals surface area contributed by atoms with E-state index in [1.165, 1.54) is 0 Å². The van der Waals surface area contributed by atoms with E-state index in [1.807, 2.05) is 49.7 Å². The van der Waals surface area contributed by atoms with Crippen molar-refractivity contribution in [1.82, 2.24) is 9.55 Å². The molecule has 1 aromatic carbocycles. The van der Waals surface area contributed by atoms with Crippen molar-refractivity contribution < 1.29 is 4.79 Å². The molecule has 0 spiro atoms. The van der Waals surface area contributed by atoms with Crippen LogP contribution in [-0.4, -0.2) is 15.3 Å². The largest absolute Gasteiger partial charge is 0.335 e. The third kappa shape index (κ3) is 2.50. The second-order valence-electron chi connectivity index (χ2n) is 4.55. The fourth-order valence-corrected chi connectivity index (χ4v) is 2.07. The first-order valence-corrected chi connectivity index (χ1v) is 6.22. The highest BCUT2D eigenvalue weighted by Crippen LogP contribution is 2.13. The second kappa shape index (κ2) is 5.17. The number of benzene rings is 1. The maximum atomic E-state index is 12.3. The van der Waals surface area contributed by atoms with Crippen molar-refractivity contribution >= 4 is 5.78 Å². The highest BCUT2D eigenvalue weighted by Gasteiger charge is 2.13. The summed E-state index contributed by atoms with van der Waals surface area (Å²) in [6, 6.07) is 5.98. The van der Waals surface area contributed by atoms with Crippen molar-refractivity contribution in [2.75, 3.05) is 0 Å². The number of hydrogen-bond donors (Lipinski definition) is 0. The summed E-state index contributed by atoms with van der Waals surface area (Å²) in [4.78, 5) is 16.5. The van der Waals surface area contributed by atoms with E-state index < -0.39 is 0 Å². The second-order valence-corrected chi connectivity index (χ2v) is 4.55. The van der Waals surface area contributed by atoms with Gasteiger partial charge in [-0.3, -0.25) is 4.79 Å². The molecule has 0 fully saturated rings. The van der Waals surface area contributed by atoms with Crippen LogP contribution in [0.4, 0.5) is 0 Å². The van der Waals surface area contributed by atoms with E-state index in [2.05, 4.69) is 4.98 Å². The van der Waals surface area contributed by atoms with Crippen molar-refractivity contribution in [2.45, 2.75) is 33.7 Å². The Labute approximate surface area is 107 Å². The maximum Gasteiger partial charge on any atom is 0.170 e. The molecular formula is C15H18N2O. The molecule has 1 heterocycles. The standard InChI is InChI=1S/C15H18N2O/c1-4-17-8-7-16-15(17)10-14(18)13-9-11(2)5-6-12(13)3/h5-9H,4,10H2,1-3H3. The lowest BCUT2D eigenvalue weighted by Crippen LogP contribution is -2.11. The summed E-state index contributed by atoms with van der Waals surface area (Å²) in [5.74, 6) is 0.973. The van der Waals surface area contributed by atoms with E-state index in [4.69, 9.17) is 0 Å². The third-order valence-electron chi connectivity index (χ3n) is 3.15. The predicted octanol–water partition coefficient (Wildman–Crippen LogP) is 2.95. The number of carbonyl (C=O) groups excluding carboxylic acids is 1. The normalized spacial score (nSPS) is 10.6. The predicted molar refractivity (Wildman–Crippen MR) is 71.9 cm³/mol. The van der Waals surface area contributed by atoms with E-state index in [0.717, 1.165) is 29.1 Å². The molecule has 0 aliphatic heterocycles. The van der Waals surface area contributed by atoms with Crippen molar-refractivity contribution in [3.8, 4) is 0 Å². The van der Waals surface area contributed by atoms with Crippen molar-refractivity contribution in [3.05, 3.63) is 53.1 Å². The SMILES string of the molecule is CCn1ccnc1CC(=O)c1cc(C)ccc1C. The van der Waals surface area contributed by atoms with Crippen LogP contribution < -0.4 is 0 Å². The number of rotatable bonds is 4. The van der Waals surface area contributed by atoms with E-state index in [0.29, 0.717) is 6.42 Å². The lowest BCUT2D eigenvalue weighted by Gasteiger charge is -2.07. The molecule has 3 heteroatoms. The van der Waals surface area contributed by atoms with Gasteiger partial charge in [0.25, 0.3) is 0 Å². The highest BCUT2D eigenvalue weighted by molar-refractivity contribution is 5.98. The molecule has 3 nitrogen and oxygen atoms in total.